The molecule has 90 valence electrons. The first-order valence-corrected chi connectivity index (χ1v) is 6.45. The van der Waals surface area contributed by atoms with Crippen molar-refractivity contribution in [1.29, 1.82) is 0 Å². The van der Waals surface area contributed by atoms with E-state index in [4.69, 9.17) is 0 Å². The maximum atomic E-state index is 12.4. The fraction of sp³-hybridized carbons (Fsp3) is 0.438. The molecule has 2 rings (SSSR count). The number of carbonyl (C=O) groups is 1. The van der Waals surface area contributed by atoms with Gasteiger partial charge in [0.2, 0.25) is 0 Å². The van der Waals surface area contributed by atoms with Crippen LogP contribution in [0.5, 0.6) is 0 Å². The number of carbonyl (C=O) groups excluding carboxylic acids is 1. The van der Waals surface area contributed by atoms with Gasteiger partial charge in [-0.1, -0.05) is 29.8 Å². The van der Waals surface area contributed by atoms with Gasteiger partial charge < -0.3 is 0 Å². The quantitative estimate of drug-likeness (QED) is 0.560. The summed E-state index contributed by atoms with van der Waals surface area (Å²) in [5.74, 6) is 0.551. The number of fused-ring (bicyclic) bond motifs is 1. The minimum atomic E-state index is 0.204. The van der Waals surface area contributed by atoms with E-state index in [9.17, 15) is 4.79 Å². The Hall–Kier alpha value is -1.37. The highest BCUT2D eigenvalue weighted by atomic mass is 16.1. The van der Waals surface area contributed by atoms with E-state index in [2.05, 4.69) is 12.6 Å². The summed E-state index contributed by atoms with van der Waals surface area (Å²) in [7, 11) is 0. The molecule has 0 heterocycles. The van der Waals surface area contributed by atoms with E-state index < -0.39 is 0 Å². The highest BCUT2D eigenvalue weighted by Crippen LogP contribution is 2.28. The minimum Gasteiger partial charge on any atom is -0.294 e. The number of allylic oxidation sites excluding steroid dienone is 1. The van der Waals surface area contributed by atoms with Crippen molar-refractivity contribution < 1.29 is 4.79 Å². The lowest BCUT2D eigenvalue weighted by molar-refractivity contribution is 0.0909. The zero-order chi connectivity index (χ0) is 12.3. The van der Waals surface area contributed by atoms with E-state index in [0.717, 1.165) is 37.7 Å². The van der Waals surface area contributed by atoms with Crippen LogP contribution in [-0.4, -0.2) is 5.78 Å². The van der Waals surface area contributed by atoms with Crippen molar-refractivity contribution in [1.82, 2.24) is 0 Å². The lowest BCUT2D eigenvalue weighted by Gasteiger charge is -2.13. The van der Waals surface area contributed by atoms with Crippen LogP contribution in [0.4, 0.5) is 0 Å². The Morgan fingerprint density at radius 3 is 2.94 bits per heavy atom. The third-order valence-electron chi connectivity index (χ3n) is 3.57. The van der Waals surface area contributed by atoms with Crippen LogP contribution < -0.4 is 0 Å². The monoisotopic (exact) mass is 228 g/mol. The topological polar surface area (TPSA) is 17.1 Å². The van der Waals surface area contributed by atoms with Gasteiger partial charge in [0.1, 0.15) is 0 Å². The number of benzene rings is 1. The summed E-state index contributed by atoms with van der Waals surface area (Å²) in [6.45, 7) is 5.96. The molecule has 1 heteroatoms. The van der Waals surface area contributed by atoms with Crippen LogP contribution in [-0.2, 0) is 6.42 Å². The van der Waals surface area contributed by atoms with E-state index in [1.165, 1.54) is 11.1 Å². The van der Waals surface area contributed by atoms with Crippen LogP contribution in [0.15, 0.2) is 36.4 Å². The second-order valence-electron chi connectivity index (χ2n) is 5.11. The van der Waals surface area contributed by atoms with Crippen LogP contribution in [0, 0.1) is 5.92 Å². The van der Waals surface area contributed by atoms with Crippen molar-refractivity contribution in [2.24, 2.45) is 5.92 Å². The van der Waals surface area contributed by atoms with Crippen LogP contribution >= 0.6 is 0 Å². The van der Waals surface area contributed by atoms with Gasteiger partial charge in [-0.15, -0.1) is 6.58 Å². The van der Waals surface area contributed by atoms with Gasteiger partial charge in [0.05, 0.1) is 0 Å². The highest BCUT2D eigenvalue weighted by molar-refractivity contribution is 5.99. The van der Waals surface area contributed by atoms with E-state index in [0.29, 0.717) is 5.78 Å². The zero-order valence-corrected chi connectivity index (χ0v) is 10.5. The predicted octanol–water partition coefficient (Wildman–Crippen LogP) is 4.18. The summed E-state index contributed by atoms with van der Waals surface area (Å²) < 4.78 is 0. The van der Waals surface area contributed by atoms with Crippen LogP contribution in [0.25, 0.3) is 0 Å². The van der Waals surface area contributed by atoms with Crippen LogP contribution in [0.2, 0.25) is 0 Å². The zero-order valence-electron chi connectivity index (χ0n) is 10.5. The lowest BCUT2D eigenvalue weighted by atomic mass is 9.90. The van der Waals surface area contributed by atoms with Crippen molar-refractivity contribution in [2.45, 2.75) is 39.0 Å². The minimum absolute atomic E-state index is 0.204. The molecule has 0 N–H and O–H groups in total. The number of ketones is 1. The summed E-state index contributed by atoms with van der Waals surface area (Å²) in [4.78, 5) is 12.4. The van der Waals surface area contributed by atoms with Crippen LogP contribution in [0.1, 0.15) is 48.5 Å². The van der Waals surface area contributed by atoms with Crippen LogP contribution in [0.3, 0.4) is 0 Å². The second kappa shape index (κ2) is 5.31. The van der Waals surface area contributed by atoms with Gasteiger partial charge in [-0.3, -0.25) is 4.79 Å². The molecule has 1 aromatic carbocycles. The van der Waals surface area contributed by atoms with Gasteiger partial charge in [-0.25, -0.2) is 0 Å². The summed E-state index contributed by atoms with van der Waals surface area (Å²) in [5, 5.41) is 0. The van der Waals surface area contributed by atoms with Gasteiger partial charge >= 0.3 is 0 Å². The Morgan fingerprint density at radius 2 is 2.18 bits per heavy atom. The first-order chi connectivity index (χ1) is 8.18. The van der Waals surface area contributed by atoms with E-state index in [1.54, 1.807) is 0 Å². The molecular weight excluding hydrogens is 208 g/mol. The van der Waals surface area contributed by atoms with Crippen molar-refractivity contribution in [3.8, 4) is 0 Å². The molecule has 0 spiro atoms. The van der Waals surface area contributed by atoms with Gasteiger partial charge in [-0.05, 0) is 44.6 Å². The lowest BCUT2D eigenvalue weighted by Crippen LogP contribution is -2.14. The van der Waals surface area contributed by atoms with E-state index >= 15 is 0 Å². The molecule has 1 aliphatic rings. The number of hydrogen-bond donors (Lipinski definition) is 0. The molecule has 0 amide bonds. The predicted molar refractivity (Wildman–Crippen MR) is 71.2 cm³/mol. The summed E-state index contributed by atoms with van der Waals surface area (Å²) in [6.07, 6.45) is 5.14. The Morgan fingerprint density at radius 1 is 1.41 bits per heavy atom. The fourth-order valence-electron chi connectivity index (χ4n) is 2.56. The average Bonchev–Trinajstić information content (AvgIpc) is 2.47. The molecule has 1 aliphatic carbocycles. The third kappa shape index (κ3) is 2.85. The SMILES string of the molecule is C=C(C)CCC1CCCc2ccccc2C1=O. The molecule has 0 fully saturated rings. The first-order valence-electron chi connectivity index (χ1n) is 6.45. The standard InChI is InChI=1S/C16H20O/c1-12(2)10-11-14-8-5-7-13-6-3-4-9-15(13)16(14)17/h3-4,6,9,14H,1,5,7-8,10-11H2,2H3. The van der Waals surface area contributed by atoms with Crippen molar-refractivity contribution in [3.63, 3.8) is 0 Å². The summed E-state index contributed by atoms with van der Waals surface area (Å²) in [6, 6.07) is 8.07. The number of aryl methyl sites for hydroxylation is 1. The van der Waals surface area contributed by atoms with E-state index in [1.807, 2.05) is 25.1 Å². The van der Waals surface area contributed by atoms with Crippen molar-refractivity contribution in [2.75, 3.05) is 0 Å². The Labute approximate surface area is 104 Å². The molecule has 0 radical (unpaired) electrons. The molecule has 0 saturated heterocycles. The maximum absolute atomic E-state index is 12.4. The molecule has 0 aromatic heterocycles. The molecular formula is C16H20O. The largest absolute Gasteiger partial charge is 0.294 e. The highest BCUT2D eigenvalue weighted by Gasteiger charge is 2.24. The number of Topliss-reactive ketones (excluding diaryl/α,β-unsaturated/α-hetero) is 1. The molecule has 0 aliphatic heterocycles. The normalized spacial score (nSPS) is 19.6. The second-order valence-corrected chi connectivity index (χ2v) is 5.11. The third-order valence-corrected chi connectivity index (χ3v) is 3.57. The number of rotatable bonds is 3. The van der Waals surface area contributed by atoms with Crippen molar-refractivity contribution in [3.05, 3.63) is 47.5 Å². The van der Waals surface area contributed by atoms with E-state index in [-0.39, 0.29) is 5.92 Å². The maximum Gasteiger partial charge on any atom is 0.166 e. The first kappa shape index (κ1) is 12.1. The smallest absolute Gasteiger partial charge is 0.166 e. The molecule has 1 nitrogen and oxygen atoms in total. The Bertz CT molecular complexity index is 431. The molecule has 0 bridgehead atoms. The Kier molecular flexibility index (Phi) is 3.78. The molecule has 17 heavy (non-hydrogen) atoms. The molecule has 1 unspecified atom stereocenters. The van der Waals surface area contributed by atoms with Gasteiger partial charge in [0, 0.05) is 11.5 Å². The number of hydrogen-bond acceptors (Lipinski definition) is 1. The molecule has 1 aromatic rings. The molecule has 1 atom stereocenters. The summed E-state index contributed by atoms with van der Waals surface area (Å²) in [5.41, 5.74) is 3.36. The van der Waals surface area contributed by atoms with Gasteiger partial charge in [-0.2, -0.15) is 0 Å². The Balaban J connectivity index is 2.17. The summed E-state index contributed by atoms with van der Waals surface area (Å²) >= 11 is 0. The average molecular weight is 228 g/mol. The molecule has 0 saturated carbocycles. The van der Waals surface area contributed by atoms with Gasteiger partial charge in [0.25, 0.3) is 0 Å². The van der Waals surface area contributed by atoms with Gasteiger partial charge in [0.15, 0.2) is 5.78 Å². The van der Waals surface area contributed by atoms with Crippen molar-refractivity contribution >= 4 is 5.78 Å². The fourth-order valence-corrected chi connectivity index (χ4v) is 2.56.